The van der Waals surface area contributed by atoms with E-state index in [-0.39, 0.29) is 18.2 Å². The van der Waals surface area contributed by atoms with Gasteiger partial charge in [-0.2, -0.15) is 13.2 Å². The molecule has 0 radical (unpaired) electrons. The van der Waals surface area contributed by atoms with Crippen molar-refractivity contribution >= 4 is 16.8 Å². The van der Waals surface area contributed by atoms with Crippen LogP contribution in [0.1, 0.15) is 48.4 Å². The molecule has 4 nitrogen and oxygen atoms in total. The monoisotopic (exact) mass is 457 g/mol. The Morgan fingerprint density at radius 1 is 1.03 bits per heavy atom. The van der Waals surface area contributed by atoms with E-state index < -0.39 is 11.7 Å². The van der Waals surface area contributed by atoms with Crippen LogP contribution in [0.3, 0.4) is 0 Å². The zero-order valence-electron chi connectivity index (χ0n) is 19.1. The third-order valence-electron chi connectivity index (χ3n) is 6.78. The van der Waals surface area contributed by atoms with Crippen molar-refractivity contribution in [2.24, 2.45) is 0 Å². The maximum Gasteiger partial charge on any atom is 0.416 e. The number of carbonyl (C=O) groups excluding carboxylic acids is 1. The average molecular weight is 458 g/mol. The second kappa shape index (κ2) is 9.59. The van der Waals surface area contributed by atoms with Crippen molar-refractivity contribution in [1.29, 1.82) is 0 Å². The van der Waals surface area contributed by atoms with Gasteiger partial charge in [-0.05, 0) is 41.8 Å². The summed E-state index contributed by atoms with van der Waals surface area (Å²) in [4.78, 5) is 20.8. The number of amides is 1. The fourth-order valence-corrected chi connectivity index (χ4v) is 4.75. The topological polar surface area (TPSA) is 39.3 Å². The number of nitrogens with one attached hydrogen (secondary N) is 1. The van der Waals surface area contributed by atoms with E-state index in [4.69, 9.17) is 0 Å². The van der Waals surface area contributed by atoms with Crippen LogP contribution in [0.2, 0.25) is 0 Å². The number of nitrogens with zero attached hydrogens (tertiary/aromatic N) is 2. The second-order valence-electron chi connectivity index (χ2n) is 8.63. The summed E-state index contributed by atoms with van der Waals surface area (Å²) in [5, 5.41) is 1.02. The summed E-state index contributed by atoms with van der Waals surface area (Å²) in [6.07, 6.45) is -1.39. The standard InChI is InChI=1S/C26H30F3N3O/c1-3-18-6-5-7-21-23(17-30-25(18)21)22(19-8-10-20(11-9-19)26(27,28)29)16-24(33)32-14-12-31(4-2)13-15-32/h5-11,17,22,30H,3-4,12-16H2,1-2H3/t22-/m0/s1. The van der Waals surface area contributed by atoms with Gasteiger partial charge in [-0.1, -0.05) is 44.2 Å². The Hall–Kier alpha value is -2.80. The number of benzene rings is 2. The van der Waals surface area contributed by atoms with Crippen molar-refractivity contribution in [3.8, 4) is 0 Å². The van der Waals surface area contributed by atoms with Crippen LogP contribution in [0.15, 0.2) is 48.7 Å². The smallest absolute Gasteiger partial charge is 0.361 e. The zero-order chi connectivity index (χ0) is 23.6. The van der Waals surface area contributed by atoms with E-state index in [1.165, 1.54) is 17.7 Å². The highest BCUT2D eigenvalue weighted by Gasteiger charge is 2.31. The Morgan fingerprint density at radius 2 is 1.73 bits per heavy atom. The summed E-state index contributed by atoms with van der Waals surface area (Å²) in [6, 6.07) is 11.3. The predicted octanol–water partition coefficient (Wildman–Crippen LogP) is 5.44. The SMILES string of the molecule is CCc1cccc2c([C@@H](CC(=O)N3CCN(CC)CC3)c3ccc(C(F)(F)F)cc3)c[nH]c12. The van der Waals surface area contributed by atoms with Crippen LogP contribution in [0.5, 0.6) is 0 Å². The van der Waals surface area contributed by atoms with Gasteiger partial charge in [0.15, 0.2) is 0 Å². The second-order valence-corrected chi connectivity index (χ2v) is 8.63. The molecule has 0 unspecified atom stereocenters. The molecule has 1 atom stereocenters. The maximum atomic E-state index is 13.3. The third kappa shape index (κ3) is 4.93. The van der Waals surface area contributed by atoms with E-state index in [0.29, 0.717) is 18.7 Å². The van der Waals surface area contributed by atoms with Crippen molar-refractivity contribution in [2.75, 3.05) is 32.7 Å². The van der Waals surface area contributed by atoms with Crippen LogP contribution in [-0.2, 0) is 17.4 Å². The molecule has 1 N–H and O–H groups in total. The molecule has 4 rings (SSSR count). The average Bonchev–Trinajstić information content (AvgIpc) is 3.26. The largest absolute Gasteiger partial charge is 0.416 e. The number of fused-ring (bicyclic) bond motifs is 1. The number of H-pyrrole nitrogens is 1. The normalized spacial score (nSPS) is 16.3. The van der Waals surface area contributed by atoms with E-state index in [1.54, 1.807) is 0 Å². The zero-order valence-corrected chi connectivity index (χ0v) is 19.1. The van der Waals surface area contributed by atoms with Gasteiger partial charge in [0.05, 0.1) is 5.56 Å². The highest BCUT2D eigenvalue weighted by atomic mass is 19.4. The number of alkyl halides is 3. The molecule has 1 saturated heterocycles. The van der Waals surface area contributed by atoms with Gasteiger partial charge in [0.1, 0.15) is 0 Å². The number of hydrogen-bond donors (Lipinski definition) is 1. The van der Waals surface area contributed by atoms with Crippen LogP contribution >= 0.6 is 0 Å². The van der Waals surface area contributed by atoms with E-state index in [2.05, 4.69) is 29.8 Å². The lowest BCUT2D eigenvalue weighted by atomic mass is 9.87. The molecule has 0 saturated carbocycles. The minimum atomic E-state index is -4.39. The first-order valence-electron chi connectivity index (χ1n) is 11.6. The fraction of sp³-hybridized carbons (Fsp3) is 0.423. The number of para-hydroxylation sites is 1. The third-order valence-corrected chi connectivity index (χ3v) is 6.78. The molecule has 1 amide bonds. The molecule has 1 aliphatic heterocycles. The molecular formula is C26H30F3N3O. The molecule has 1 aromatic heterocycles. The number of aromatic nitrogens is 1. The number of aromatic amines is 1. The Morgan fingerprint density at radius 3 is 2.33 bits per heavy atom. The van der Waals surface area contributed by atoms with Gasteiger partial charge in [0.25, 0.3) is 0 Å². The molecule has 0 spiro atoms. The van der Waals surface area contributed by atoms with Crippen molar-refractivity contribution < 1.29 is 18.0 Å². The number of hydrogen-bond acceptors (Lipinski definition) is 2. The Bertz CT molecular complexity index is 1100. The molecule has 1 aliphatic rings. The van der Waals surface area contributed by atoms with Gasteiger partial charge >= 0.3 is 6.18 Å². The molecule has 2 aromatic carbocycles. The Kier molecular flexibility index (Phi) is 6.79. The van der Waals surface area contributed by atoms with Crippen molar-refractivity contribution in [3.63, 3.8) is 0 Å². The molecular weight excluding hydrogens is 427 g/mol. The lowest BCUT2D eigenvalue weighted by Crippen LogP contribution is -2.48. The molecule has 2 heterocycles. The number of piperazine rings is 1. The Labute approximate surface area is 192 Å². The van der Waals surface area contributed by atoms with Crippen LogP contribution in [0.4, 0.5) is 13.2 Å². The van der Waals surface area contributed by atoms with E-state index in [9.17, 15) is 18.0 Å². The van der Waals surface area contributed by atoms with Gasteiger partial charge in [-0.25, -0.2) is 0 Å². The first kappa shape index (κ1) is 23.4. The molecule has 7 heteroatoms. The molecule has 176 valence electrons. The molecule has 3 aromatic rings. The Balaban J connectivity index is 1.68. The van der Waals surface area contributed by atoms with Crippen LogP contribution in [-0.4, -0.2) is 53.4 Å². The summed E-state index contributed by atoms with van der Waals surface area (Å²) in [7, 11) is 0. The molecule has 0 bridgehead atoms. The van der Waals surface area contributed by atoms with Crippen LogP contribution < -0.4 is 0 Å². The maximum absolute atomic E-state index is 13.3. The number of aryl methyl sites for hydroxylation is 1. The van der Waals surface area contributed by atoms with Gasteiger partial charge in [0.2, 0.25) is 5.91 Å². The van der Waals surface area contributed by atoms with Crippen molar-refractivity contribution in [3.05, 3.63) is 70.9 Å². The molecule has 0 aliphatic carbocycles. The fourth-order valence-electron chi connectivity index (χ4n) is 4.75. The van der Waals surface area contributed by atoms with E-state index >= 15 is 0 Å². The van der Waals surface area contributed by atoms with Gasteiger partial charge in [-0.15, -0.1) is 0 Å². The van der Waals surface area contributed by atoms with E-state index in [1.807, 2.05) is 23.2 Å². The van der Waals surface area contributed by atoms with Crippen LogP contribution in [0.25, 0.3) is 10.9 Å². The van der Waals surface area contributed by atoms with Crippen molar-refractivity contribution in [1.82, 2.24) is 14.8 Å². The summed E-state index contributed by atoms with van der Waals surface area (Å²) < 4.78 is 39.4. The molecule has 1 fully saturated rings. The first-order valence-corrected chi connectivity index (χ1v) is 11.6. The lowest BCUT2D eigenvalue weighted by molar-refractivity contribution is -0.137. The van der Waals surface area contributed by atoms with Crippen LogP contribution in [0, 0.1) is 0 Å². The number of rotatable bonds is 6. The summed E-state index contributed by atoms with van der Waals surface area (Å²) >= 11 is 0. The lowest BCUT2D eigenvalue weighted by Gasteiger charge is -2.35. The summed E-state index contributed by atoms with van der Waals surface area (Å²) in [6.45, 7) is 8.22. The quantitative estimate of drug-likeness (QED) is 0.536. The van der Waals surface area contributed by atoms with Gasteiger partial charge in [0, 0.05) is 55.6 Å². The minimum absolute atomic E-state index is 0.0386. The highest BCUT2D eigenvalue weighted by Crippen LogP contribution is 2.37. The minimum Gasteiger partial charge on any atom is -0.361 e. The number of likely N-dealkylation sites (N-methyl/N-ethyl adjacent to an activating group) is 1. The van der Waals surface area contributed by atoms with Crippen molar-refractivity contribution in [2.45, 2.75) is 38.8 Å². The first-order chi connectivity index (χ1) is 15.8. The highest BCUT2D eigenvalue weighted by molar-refractivity contribution is 5.88. The predicted molar refractivity (Wildman–Crippen MR) is 124 cm³/mol. The van der Waals surface area contributed by atoms with E-state index in [0.717, 1.165) is 54.7 Å². The number of halogens is 3. The summed E-state index contributed by atoms with van der Waals surface area (Å²) in [5.74, 6) is -0.290. The molecule has 33 heavy (non-hydrogen) atoms. The summed E-state index contributed by atoms with van der Waals surface area (Å²) in [5.41, 5.74) is 3.18. The van der Waals surface area contributed by atoms with Gasteiger partial charge < -0.3 is 14.8 Å². The van der Waals surface area contributed by atoms with Gasteiger partial charge in [-0.3, -0.25) is 4.79 Å². The number of carbonyl (C=O) groups is 1.